The highest BCUT2D eigenvalue weighted by molar-refractivity contribution is 5.34. The molecule has 4 heteroatoms. The molecule has 1 aromatic heterocycles. The summed E-state index contributed by atoms with van der Waals surface area (Å²) in [7, 11) is 0. The smallest absolute Gasteiger partial charge is 0.205 e. The van der Waals surface area contributed by atoms with Crippen molar-refractivity contribution in [3.63, 3.8) is 0 Å². The molecule has 0 bridgehead atoms. The van der Waals surface area contributed by atoms with E-state index in [2.05, 4.69) is 48.3 Å². The van der Waals surface area contributed by atoms with Gasteiger partial charge in [0.1, 0.15) is 0 Å². The molecule has 1 fully saturated rings. The summed E-state index contributed by atoms with van der Waals surface area (Å²) in [6, 6.07) is 0.267. The Bertz CT molecular complexity index is 396. The van der Waals surface area contributed by atoms with Crippen molar-refractivity contribution in [3.8, 4) is 0 Å². The maximum Gasteiger partial charge on any atom is 0.205 e. The summed E-state index contributed by atoms with van der Waals surface area (Å²) in [6.07, 6.45) is 3.31. The first-order valence-corrected chi connectivity index (χ1v) is 7.01. The summed E-state index contributed by atoms with van der Waals surface area (Å²) in [5.41, 5.74) is 7.28. The van der Waals surface area contributed by atoms with Crippen LogP contribution in [0.15, 0.2) is 6.20 Å². The molecule has 2 unspecified atom stereocenters. The Hall–Kier alpha value is -1.03. The van der Waals surface area contributed by atoms with Crippen molar-refractivity contribution in [2.45, 2.75) is 46.7 Å². The van der Waals surface area contributed by atoms with Crippen LogP contribution >= 0.6 is 0 Å². The summed E-state index contributed by atoms with van der Waals surface area (Å²) in [5, 5.41) is 0. The third-order valence-electron chi connectivity index (χ3n) is 3.74. The number of rotatable bonds is 3. The van der Waals surface area contributed by atoms with Crippen LogP contribution in [-0.4, -0.2) is 28.7 Å². The molecular weight excluding hydrogens is 224 g/mol. The summed E-state index contributed by atoms with van der Waals surface area (Å²) < 4.78 is 2.28. The lowest BCUT2D eigenvalue weighted by Gasteiger charge is -2.36. The van der Waals surface area contributed by atoms with Gasteiger partial charge in [-0.3, -0.25) is 0 Å². The zero-order valence-corrected chi connectivity index (χ0v) is 12.1. The maximum absolute atomic E-state index is 6.19. The lowest BCUT2D eigenvalue weighted by Crippen LogP contribution is -2.48. The molecule has 1 aliphatic rings. The van der Waals surface area contributed by atoms with E-state index in [0.29, 0.717) is 11.8 Å². The van der Waals surface area contributed by atoms with Gasteiger partial charge in [-0.25, -0.2) is 4.98 Å². The Balaban J connectivity index is 2.17. The number of anilines is 1. The van der Waals surface area contributed by atoms with E-state index in [9.17, 15) is 0 Å². The second-order valence-corrected chi connectivity index (χ2v) is 6.10. The number of aromatic nitrogens is 2. The van der Waals surface area contributed by atoms with Crippen molar-refractivity contribution in [1.82, 2.24) is 9.55 Å². The van der Waals surface area contributed by atoms with Gasteiger partial charge in [0, 0.05) is 31.9 Å². The minimum absolute atomic E-state index is 0.267. The van der Waals surface area contributed by atoms with Gasteiger partial charge < -0.3 is 15.2 Å². The van der Waals surface area contributed by atoms with Gasteiger partial charge in [-0.1, -0.05) is 20.8 Å². The molecule has 1 aromatic rings. The van der Waals surface area contributed by atoms with E-state index in [1.165, 1.54) is 0 Å². The fraction of sp³-hybridized carbons (Fsp3) is 0.786. The van der Waals surface area contributed by atoms with Crippen molar-refractivity contribution in [2.24, 2.45) is 17.6 Å². The molecule has 0 amide bonds. The van der Waals surface area contributed by atoms with Gasteiger partial charge in [-0.2, -0.15) is 0 Å². The first-order chi connectivity index (χ1) is 8.47. The molecule has 2 heterocycles. The third kappa shape index (κ3) is 2.86. The van der Waals surface area contributed by atoms with E-state index in [4.69, 9.17) is 5.73 Å². The van der Waals surface area contributed by atoms with E-state index in [0.717, 1.165) is 37.7 Å². The highest BCUT2D eigenvalue weighted by atomic mass is 15.3. The van der Waals surface area contributed by atoms with Crippen molar-refractivity contribution >= 4 is 5.95 Å². The summed E-state index contributed by atoms with van der Waals surface area (Å²) in [4.78, 5) is 7.03. The molecule has 1 aliphatic heterocycles. The van der Waals surface area contributed by atoms with Gasteiger partial charge >= 0.3 is 0 Å². The zero-order valence-electron chi connectivity index (χ0n) is 12.1. The lowest BCUT2D eigenvalue weighted by molar-refractivity contribution is 0.372. The molecular formula is C14H26N4. The molecule has 0 aromatic carbocycles. The number of piperidine rings is 1. The first-order valence-electron chi connectivity index (χ1n) is 7.01. The Labute approximate surface area is 110 Å². The third-order valence-corrected chi connectivity index (χ3v) is 3.74. The largest absolute Gasteiger partial charge is 0.341 e. The topological polar surface area (TPSA) is 47.1 Å². The number of aryl methyl sites for hydroxylation is 1. The predicted molar refractivity (Wildman–Crippen MR) is 75.8 cm³/mol. The van der Waals surface area contributed by atoms with E-state index < -0.39 is 0 Å². The normalized spacial score (nSPS) is 24.9. The molecule has 2 atom stereocenters. The first kappa shape index (κ1) is 13.4. The predicted octanol–water partition coefficient (Wildman–Crippen LogP) is 2.02. The summed E-state index contributed by atoms with van der Waals surface area (Å²) in [6.45, 7) is 11.8. The molecule has 0 radical (unpaired) electrons. The molecule has 1 saturated heterocycles. The zero-order chi connectivity index (χ0) is 13.3. The molecule has 2 rings (SSSR count). The van der Waals surface area contributed by atoms with E-state index in [1.54, 1.807) is 0 Å². The van der Waals surface area contributed by atoms with Crippen LogP contribution in [0.1, 0.15) is 32.9 Å². The Morgan fingerprint density at radius 1 is 1.50 bits per heavy atom. The summed E-state index contributed by atoms with van der Waals surface area (Å²) in [5.74, 6) is 2.36. The van der Waals surface area contributed by atoms with Crippen LogP contribution in [0.25, 0.3) is 0 Å². The fourth-order valence-corrected chi connectivity index (χ4v) is 2.60. The van der Waals surface area contributed by atoms with Crippen LogP contribution in [0.4, 0.5) is 5.95 Å². The van der Waals surface area contributed by atoms with Gasteiger partial charge in [0.05, 0.1) is 5.69 Å². The van der Waals surface area contributed by atoms with Gasteiger partial charge in [0.2, 0.25) is 5.95 Å². The minimum Gasteiger partial charge on any atom is -0.341 e. The van der Waals surface area contributed by atoms with Crippen molar-refractivity contribution < 1.29 is 0 Å². The highest BCUT2D eigenvalue weighted by Gasteiger charge is 2.25. The quantitative estimate of drug-likeness (QED) is 0.893. The number of hydrogen-bond acceptors (Lipinski definition) is 3. The van der Waals surface area contributed by atoms with Gasteiger partial charge in [-0.15, -0.1) is 0 Å². The summed E-state index contributed by atoms with van der Waals surface area (Å²) >= 11 is 0. The fourth-order valence-electron chi connectivity index (χ4n) is 2.60. The maximum atomic E-state index is 6.19. The van der Waals surface area contributed by atoms with Crippen molar-refractivity contribution in [1.29, 1.82) is 0 Å². The SMILES string of the molecule is Cc1cn(CC(C)C)c(N2CCC(C)C(N)C2)n1. The van der Waals surface area contributed by atoms with Gasteiger partial charge in [0.15, 0.2) is 0 Å². The van der Waals surface area contributed by atoms with Crippen LogP contribution in [0.3, 0.4) is 0 Å². The molecule has 102 valence electrons. The molecule has 2 N–H and O–H groups in total. The Morgan fingerprint density at radius 3 is 2.83 bits per heavy atom. The molecule has 0 aliphatic carbocycles. The van der Waals surface area contributed by atoms with Gasteiger partial charge in [-0.05, 0) is 25.2 Å². The average molecular weight is 250 g/mol. The van der Waals surface area contributed by atoms with Crippen LogP contribution < -0.4 is 10.6 Å². The highest BCUT2D eigenvalue weighted by Crippen LogP contribution is 2.22. The van der Waals surface area contributed by atoms with Gasteiger partial charge in [0.25, 0.3) is 0 Å². The molecule has 18 heavy (non-hydrogen) atoms. The number of imidazole rings is 1. The van der Waals surface area contributed by atoms with E-state index in [-0.39, 0.29) is 6.04 Å². The number of hydrogen-bond donors (Lipinski definition) is 1. The number of nitrogens with two attached hydrogens (primary N) is 1. The monoisotopic (exact) mass is 250 g/mol. The lowest BCUT2D eigenvalue weighted by atomic mass is 9.94. The van der Waals surface area contributed by atoms with Crippen LogP contribution in [0.5, 0.6) is 0 Å². The van der Waals surface area contributed by atoms with Crippen molar-refractivity contribution in [2.75, 3.05) is 18.0 Å². The standard InChI is InChI=1S/C14H26N4/c1-10(2)7-18-8-12(4)16-14(18)17-6-5-11(3)13(15)9-17/h8,10-11,13H,5-7,9,15H2,1-4H3. The van der Waals surface area contributed by atoms with E-state index in [1.807, 2.05) is 0 Å². The molecule has 0 saturated carbocycles. The Morgan fingerprint density at radius 2 is 2.22 bits per heavy atom. The minimum atomic E-state index is 0.267. The average Bonchev–Trinajstić information content (AvgIpc) is 2.62. The van der Waals surface area contributed by atoms with E-state index >= 15 is 0 Å². The second kappa shape index (κ2) is 5.31. The van der Waals surface area contributed by atoms with Crippen LogP contribution in [0.2, 0.25) is 0 Å². The van der Waals surface area contributed by atoms with Crippen molar-refractivity contribution in [3.05, 3.63) is 11.9 Å². The second-order valence-electron chi connectivity index (χ2n) is 6.10. The van der Waals surface area contributed by atoms with Crippen LogP contribution in [0, 0.1) is 18.8 Å². The van der Waals surface area contributed by atoms with Crippen LogP contribution in [-0.2, 0) is 6.54 Å². The molecule has 4 nitrogen and oxygen atoms in total. The number of nitrogens with zero attached hydrogens (tertiary/aromatic N) is 3. The molecule has 0 spiro atoms. The Kier molecular flexibility index (Phi) is 3.95.